The highest BCUT2D eigenvalue weighted by Crippen LogP contribution is 2.39. The standard InChI is InChI=1S/C22H25N5O2/c23-21(28)19-14-27(17-6-2-1-3-7-17)25-20(19)16-5-4-10-26(12-16)13-18-11-24-22(29-18)15-8-9-15/h1-3,6-7,11,14-16H,4-5,8-10,12-13H2,(H2,23,28). The van der Waals surface area contributed by atoms with Crippen LogP contribution in [0.3, 0.4) is 0 Å². The third kappa shape index (κ3) is 3.82. The van der Waals surface area contributed by atoms with Gasteiger partial charge in [0.1, 0.15) is 5.76 Å². The smallest absolute Gasteiger partial charge is 0.252 e. The Kier molecular flexibility index (Phi) is 4.67. The van der Waals surface area contributed by atoms with Gasteiger partial charge in [-0.15, -0.1) is 0 Å². The van der Waals surface area contributed by atoms with Crippen LogP contribution >= 0.6 is 0 Å². The van der Waals surface area contributed by atoms with Crippen molar-refractivity contribution in [2.75, 3.05) is 13.1 Å². The van der Waals surface area contributed by atoms with Crippen LogP contribution < -0.4 is 5.73 Å². The molecule has 150 valence electrons. The normalized spacial score (nSPS) is 20.1. The quantitative estimate of drug-likeness (QED) is 0.697. The molecule has 2 aromatic heterocycles. The van der Waals surface area contributed by atoms with Crippen molar-refractivity contribution >= 4 is 5.91 Å². The van der Waals surface area contributed by atoms with Gasteiger partial charge in [-0.3, -0.25) is 9.69 Å². The predicted molar refractivity (Wildman–Crippen MR) is 108 cm³/mol. The molecule has 1 aliphatic carbocycles. The minimum Gasteiger partial charge on any atom is -0.444 e. The fourth-order valence-electron chi connectivity index (χ4n) is 4.15. The second kappa shape index (κ2) is 7.48. The maximum atomic E-state index is 12.1. The number of amides is 1. The molecule has 1 unspecified atom stereocenters. The monoisotopic (exact) mass is 391 g/mol. The summed E-state index contributed by atoms with van der Waals surface area (Å²) in [6.07, 6.45) is 8.02. The van der Waals surface area contributed by atoms with E-state index in [1.54, 1.807) is 10.9 Å². The lowest BCUT2D eigenvalue weighted by atomic mass is 9.92. The number of primary amides is 1. The molecule has 3 heterocycles. The molecule has 2 fully saturated rings. The lowest BCUT2D eigenvalue weighted by Gasteiger charge is -2.31. The van der Waals surface area contributed by atoms with E-state index in [1.807, 2.05) is 36.5 Å². The van der Waals surface area contributed by atoms with Crippen LogP contribution in [-0.2, 0) is 6.54 Å². The van der Waals surface area contributed by atoms with E-state index in [9.17, 15) is 4.79 Å². The molecule has 0 bridgehead atoms. The summed E-state index contributed by atoms with van der Waals surface area (Å²) in [5, 5.41) is 4.76. The molecule has 0 spiro atoms. The second-order valence-electron chi connectivity index (χ2n) is 8.09. The maximum Gasteiger partial charge on any atom is 0.252 e. The Hall–Kier alpha value is -2.93. The lowest BCUT2D eigenvalue weighted by molar-refractivity contribution is 0.0997. The van der Waals surface area contributed by atoms with E-state index in [1.165, 1.54) is 12.8 Å². The number of nitrogens with two attached hydrogens (primary N) is 1. The van der Waals surface area contributed by atoms with Crippen molar-refractivity contribution in [3.05, 3.63) is 65.6 Å². The fraction of sp³-hybridized carbons (Fsp3) is 0.409. The number of oxazole rings is 1. The fourth-order valence-corrected chi connectivity index (χ4v) is 4.15. The van der Waals surface area contributed by atoms with Crippen LogP contribution in [0.15, 0.2) is 47.1 Å². The summed E-state index contributed by atoms with van der Waals surface area (Å²) in [6.45, 7) is 2.56. The molecule has 2 aliphatic rings. The SMILES string of the molecule is NC(=O)c1cn(-c2ccccc2)nc1C1CCCN(Cc2cnc(C3CC3)o2)C1. The first-order valence-electron chi connectivity index (χ1n) is 10.3. The van der Waals surface area contributed by atoms with Crippen LogP contribution in [0.4, 0.5) is 0 Å². The number of carbonyl (C=O) groups excluding carboxylic acids is 1. The second-order valence-corrected chi connectivity index (χ2v) is 8.09. The topological polar surface area (TPSA) is 90.2 Å². The minimum absolute atomic E-state index is 0.169. The van der Waals surface area contributed by atoms with E-state index >= 15 is 0 Å². The van der Waals surface area contributed by atoms with Crippen LogP contribution in [0.1, 0.15) is 65.2 Å². The summed E-state index contributed by atoms with van der Waals surface area (Å²) in [6, 6.07) is 9.80. The largest absolute Gasteiger partial charge is 0.444 e. The van der Waals surface area contributed by atoms with Crippen LogP contribution in [0.5, 0.6) is 0 Å². The number of benzene rings is 1. The molecule has 1 saturated carbocycles. The van der Waals surface area contributed by atoms with Gasteiger partial charge in [-0.1, -0.05) is 18.2 Å². The molecule has 2 N–H and O–H groups in total. The minimum atomic E-state index is -0.427. The number of carbonyl (C=O) groups is 1. The molecule has 1 aliphatic heterocycles. The number of para-hydroxylation sites is 1. The van der Waals surface area contributed by atoms with Gasteiger partial charge >= 0.3 is 0 Å². The molecule has 1 amide bonds. The van der Waals surface area contributed by atoms with Crippen molar-refractivity contribution in [1.29, 1.82) is 0 Å². The number of piperidine rings is 1. The van der Waals surface area contributed by atoms with E-state index in [2.05, 4.69) is 9.88 Å². The summed E-state index contributed by atoms with van der Waals surface area (Å²) >= 11 is 0. The van der Waals surface area contributed by atoms with Gasteiger partial charge in [-0.2, -0.15) is 5.10 Å². The molecule has 1 atom stereocenters. The van der Waals surface area contributed by atoms with E-state index in [0.29, 0.717) is 11.5 Å². The number of rotatable bonds is 6. The number of nitrogens with zero attached hydrogens (tertiary/aromatic N) is 4. The molecule has 0 radical (unpaired) electrons. The Morgan fingerprint density at radius 1 is 1.17 bits per heavy atom. The average Bonchev–Trinajstić information content (AvgIpc) is 3.31. The molecular weight excluding hydrogens is 366 g/mol. The molecule has 1 aromatic carbocycles. The van der Waals surface area contributed by atoms with Crippen molar-refractivity contribution in [2.45, 2.75) is 44.1 Å². The summed E-state index contributed by atoms with van der Waals surface area (Å²) in [5.41, 5.74) is 7.90. The third-order valence-electron chi connectivity index (χ3n) is 5.80. The van der Waals surface area contributed by atoms with Crippen molar-refractivity contribution in [3.63, 3.8) is 0 Å². The molecule has 3 aromatic rings. The predicted octanol–water partition coefficient (Wildman–Crippen LogP) is 3.22. The first kappa shape index (κ1) is 18.1. The average molecular weight is 391 g/mol. The van der Waals surface area contributed by atoms with Crippen LogP contribution in [0, 0.1) is 0 Å². The molecule has 1 saturated heterocycles. The molecule has 29 heavy (non-hydrogen) atoms. The number of hydrogen-bond acceptors (Lipinski definition) is 5. The molecular formula is C22H25N5O2. The van der Waals surface area contributed by atoms with E-state index in [0.717, 1.165) is 55.5 Å². The summed E-state index contributed by atoms with van der Waals surface area (Å²) < 4.78 is 7.69. The highest BCUT2D eigenvalue weighted by Gasteiger charge is 2.30. The van der Waals surface area contributed by atoms with E-state index < -0.39 is 5.91 Å². The first-order chi connectivity index (χ1) is 14.2. The number of aromatic nitrogens is 3. The van der Waals surface area contributed by atoms with Crippen molar-refractivity contribution in [1.82, 2.24) is 19.7 Å². The van der Waals surface area contributed by atoms with Crippen LogP contribution in [0.25, 0.3) is 5.69 Å². The third-order valence-corrected chi connectivity index (χ3v) is 5.80. The molecule has 5 rings (SSSR count). The van der Waals surface area contributed by atoms with Gasteiger partial charge in [-0.25, -0.2) is 9.67 Å². The van der Waals surface area contributed by atoms with Crippen molar-refractivity contribution in [3.8, 4) is 5.69 Å². The Balaban J connectivity index is 1.35. The van der Waals surface area contributed by atoms with Crippen LogP contribution in [-0.4, -0.2) is 38.7 Å². The van der Waals surface area contributed by atoms with Gasteiger partial charge < -0.3 is 10.2 Å². The Morgan fingerprint density at radius 2 is 2.00 bits per heavy atom. The van der Waals surface area contributed by atoms with Gasteiger partial charge in [0.05, 0.1) is 29.7 Å². The molecule has 7 nitrogen and oxygen atoms in total. The van der Waals surface area contributed by atoms with Crippen LogP contribution in [0.2, 0.25) is 0 Å². The number of hydrogen-bond donors (Lipinski definition) is 1. The van der Waals surface area contributed by atoms with E-state index in [-0.39, 0.29) is 5.92 Å². The van der Waals surface area contributed by atoms with Gasteiger partial charge in [0.2, 0.25) is 0 Å². The zero-order chi connectivity index (χ0) is 19.8. The Labute approximate surface area is 169 Å². The Bertz CT molecular complexity index is 1010. The van der Waals surface area contributed by atoms with Gasteiger partial charge in [0, 0.05) is 24.6 Å². The Morgan fingerprint density at radius 3 is 2.76 bits per heavy atom. The van der Waals surface area contributed by atoms with Gasteiger partial charge in [0.25, 0.3) is 5.91 Å². The van der Waals surface area contributed by atoms with E-state index in [4.69, 9.17) is 15.2 Å². The van der Waals surface area contributed by atoms with Crippen molar-refractivity contribution < 1.29 is 9.21 Å². The number of likely N-dealkylation sites (tertiary alicyclic amines) is 1. The first-order valence-corrected chi connectivity index (χ1v) is 10.3. The highest BCUT2D eigenvalue weighted by molar-refractivity contribution is 5.94. The highest BCUT2D eigenvalue weighted by atomic mass is 16.4. The van der Waals surface area contributed by atoms with Gasteiger partial charge in [-0.05, 0) is 44.4 Å². The summed E-state index contributed by atoms with van der Waals surface area (Å²) in [7, 11) is 0. The summed E-state index contributed by atoms with van der Waals surface area (Å²) in [5.74, 6) is 2.06. The lowest BCUT2D eigenvalue weighted by Crippen LogP contribution is -2.34. The maximum absolute atomic E-state index is 12.1. The van der Waals surface area contributed by atoms with Gasteiger partial charge in [0.15, 0.2) is 5.89 Å². The zero-order valence-corrected chi connectivity index (χ0v) is 16.3. The molecule has 7 heteroatoms. The summed E-state index contributed by atoms with van der Waals surface area (Å²) in [4.78, 5) is 18.9. The zero-order valence-electron chi connectivity index (χ0n) is 16.3. The van der Waals surface area contributed by atoms with Crippen molar-refractivity contribution in [2.24, 2.45) is 5.73 Å².